The van der Waals surface area contributed by atoms with Gasteiger partial charge in [-0.1, -0.05) is 54.6 Å². The van der Waals surface area contributed by atoms with Gasteiger partial charge in [0.1, 0.15) is 5.37 Å². The van der Waals surface area contributed by atoms with Crippen LogP contribution < -0.4 is 5.43 Å². The van der Waals surface area contributed by atoms with E-state index in [1.54, 1.807) is 30.1 Å². The lowest BCUT2D eigenvalue weighted by Gasteiger charge is -2.24. The van der Waals surface area contributed by atoms with Crippen molar-refractivity contribution < 1.29 is 9.59 Å². The van der Waals surface area contributed by atoms with Crippen molar-refractivity contribution >= 4 is 29.8 Å². The molecule has 7 heteroatoms. The van der Waals surface area contributed by atoms with Gasteiger partial charge in [-0.05, 0) is 67.8 Å². The van der Waals surface area contributed by atoms with E-state index in [1.165, 1.54) is 5.56 Å². The van der Waals surface area contributed by atoms with Gasteiger partial charge in [-0.3, -0.25) is 9.59 Å². The van der Waals surface area contributed by atoms with E-state index in [1.807, 2.05) is 60.4 Å². The van der Waals surface area contributed by atoms with Crippen LogP contribution in [0.3, 0.4) is 0 Å². The van der Waals surface area contributed by atoms with Crippen molar-refractivity contribution in [2.24, 2.45) is 5.10 Å². The number of carbonyl (C=O) groups excluding carboxylic acids is 2. The number of hydrazone groups is 1. The Hall–Kier alpha value is -4.10. The number of benzene rings is 3. The van der Waals surface area contributed by atoms with Gasteiger partial charge >= 0.3 is 0 Å². The van der Waals surface area contributed by atoms with Crippen molar-refractivity contribution in [1.29, 1.82) is 0 Å². The fourth-order valence-electron chi connectivity index (χ4n) is 4.79. The fraction of sp³-hybridized carbons (Fsp3) is 0.194. The second-order valence-electron chi connectivity index (χ2n) is 9.49. The summed E-state index contributed by atoms with van der Waals surface area (Å²) in [5.41, 5.74) is 10.7. The van der Waals surface area contributed by atoms with E-state index >= 15 is 0 Å². The fourth-order valence-corrected chi connectivity index (χ4v) is 5.98. The number of nitrogens with zero attached hydrogens (tertiary/aromatic N) is 3. The standard InChI is InChI=1S/C31H30N4O2S/c1-21-8-7-11-28(16-21)35-22(2)17-27(23(35)3)18-32-33-30(37)25-12-14-26(15-13-25)31-34(29(36)20-38-31)19-24-9-5-4-6-10-24/h4-18,31H,19-20H2,1-3H3,(H,33,37)/b32-18+. The van der Waals surface area contributed by atoms with E-state index in [0.717, 1.165) is 33.8 Å². The zero-order chi connectivity index (χ0) is 26.6. The highest BCUT2D eigenvalue weighted by atomic mass is 32.2. The molecule has 0 bridgehead atoms. The molecule has 1 aromatic heterocycles. The van der Waals surface area contributed by atoms with E-state index in [-0.39, 0.29) is 17.2 Å². The van der Waals surface area contributed by atoms with Crippen molar-refractivity contribution in [2.45, 2.75) is 32.7 Å². The normalized spacial score (nSPS) is 15.4. The molecule has 2 heterocycles. The number of aryl methyl sites for hydroxylation is 2. The van der Waals surface area contributed by atoms with Crippen LogP contribution in [0.15, 0.2) is 90.0 Å². The maximum Gasteiger partial charge on any atom is 0.271 e. The zero-order valence-corrected chi connectivity index (χ0v) is 22.5. The third kappa shape index (κ3) is 5.43. The Morgan fingerprint density at radius 2 is 1.76 bits per heavy atom. The summed E-state index contributed by atoms with van der Waals surface area (Å²) in [4.78, 5) is 27.2. The van der Waals surface area contributed by atoms with Gasteiger partial charge in [0, 0.05) is 34.7 Å². The number of amides is 2. The Morgan fingerprint density at radius 1 is 1.00 bits per heavy atom. The largest absolute Gasteiger partial charge is 0.322 e. The van der Waals surface area contributed by atoms with E-state index in [4.69, 9.17) is 0 Å². The van der Waals surface area contributed by atoms with E-state index in [0.29, 0.717) is 17.9 Å². The first-order valence-corrected chi connectivity index (χ1v) is 13.6. The van der Waals surface area contributed by atoms with Gasteiger partial charge < -0.3 is 9.47 Å². The molecule has 192 valence electrons. The first kappa shape index (κ1) is 25.5. The molecular formula is C31H30N4O2S. The smallest absolute Gasteiger partial charge is 0.271 e. The third-order valence-corrected chi connectivity index (χ3v) is 7.98. The number of hydrogen-bond acceptors (Lipinski definition) is 4. The third-order valence-electron chi connectivity index (χ3n) is 6.72. The van der Waals surface area contributed by atoms with Gasteiger partial charge in [0.2, 0.25) is 5.91 Å². The van der Waals surface area contributed by atoms with Crippen LogP contribution in [-0.4, -0.2) is 33.2 Å². The zero-order valence-electron chi connectivity index (χ0n) is 21.7. The van der Waals surface area contributed by atoms with Crippen LogP contribution >= 0.6 is 11.8 Å². The van der Waals surface area contributed by atoms with Gasteiger partial charge in [0.15, 0.2) is 0 Å². The molecule has 4 aromatic rings. The Labute approximate surface area is 227 Å². The Morgan fingerprint density at radius 3 is 2.50 bits per heavy atom. The van der Waals surface area contributed by atoms with E-state index in [9.17, 15) is 9.59 Å². The monoisotopic (exact) mass is 522 g/mol. The first-order valence-electron chi connectivity index (χ1n) is 12.5. The minimum absolute atomic E-state index is 0.0681. The molecule has 5 rings (SSSR count). The summed E-state index contributed by atoms with van der Waals surface area (Å²) < 4.78 is 2.18. The second kappa shape index (κ2) is 11.1. The summed E-state index contributed by atoms with van der Waals surface area (Å²) in [6.07, 6.45) is 1.68. The average molecular weight is 523 g/mol. The van der Waals surface area contributed by atoms with Crippen molar-refractivity contribution in [1.82, 2.24) is 14.9 Å². The minimum Gasteiger partial charge on any atom is -0.322 e. The van der Waals surface area contributed by atoms with Gasteiger partial charge in [0.25, 0.3) is 5.91 Å². The number of thioether (sulfide) groups is 1. The summed E-state index contributed by atoms with van der Waals surface area (Å²) in [5.74, 6) is 0.303. The average Bonchev–Trinajstić information content (AvgIpc) is 3.42. The van der Waals surface area contributed by atoms with E-state index < -0.39 is 0 Å². The molecule has 1 N–H and O–H groups in total. The van der Waals surface area contributed by atoms with E-state index in [2.05, 4.69) is 53.2 Å². The maximum atomic E-state index is 12.7. The predicted molar refractivity (Wildman–Crippen MR) is 154 cm³/mol. The van der Waals surface area contributed by atoms with Crippen LogP contribution in [-0.2, 0) is 11.3 Å². The lowest BCUT2D eigenvalue weighted by Crippen LogP contribution is -2.27. The SMILES string of the molecule is Cc1cccc(-n2c(C)cc(/C=N/NC(=O)c3ccc(C4SCC(=O)N4Cc4ccccc4)cc3)c2C)c1. The molecule has 3 aromatic carbocycles. The van der Waals surface area contributed by atoms with Crippen LogP contribution in [0.4, 0.5) is 0 Å². The summed E-state index contributed by atoms with van der Waals surface area (Å²) >= 11 is 1.61. The number of carbonyl (C=O) groups is 2. The predicted octanol–water partition coefficient (Wildman–Crippen LogP) is 5.94. The molecule has 1 unspecified atom stereocenters. The molecular weight excluding hydrogens is 492 g/mol. The molecule has 2 amide bonds. The van der Waals surface area contributed by atoms with Gasteiger partial charge in [-0.15, -0.1) is 11.8 Å². The Bertz CT molecular complexity index is 1490. The number of nitrogens with one attached hydrogen (secondary N) is 1. The van der Waals surface area contributed by atoms with Crippen LogP contribution in [0.1, 0.15) is 49.4 Å². The minimum atomic E-state index is -0.281. The van der Waals surface area contributed by atoms with Crippen molar-refractivity contribution in [3.05, 3.63) is 124 Å². The number of rotatable bonds is 7. The maximum absolute atomic E-state index is 12.7. The molecule has 0 radical (unpaired) electrons. The molecule has 0 saturated carbocycles. The Kier molecular flexibility index (Phi) is 7.47. The van der Waals surface area contributed by atoms with Crippen LogP contribution in [0.2, 0.25) is 0 Å². The summed E-state index contributed by atoms with van der Waals surface area (Å²) in [6.45, 7) is 6.75. The molecule has 38 heavy (non-hydrogen) atoms. The van der Waals surface area contributed by atoms with Crippen LogP contribution in [0, 0.1) is 20.8 Å². The molecule has 1 saturated heterocycles. The molecule has 0 aliphatic carbocycles. The van der Waals surface area contributed by atoms with Crippen LogP contribution in [0.5, 0.6) is 0 Å². The second-order valence-corrected chi connectivity index (χ2v) is 10.6. The highest BCUT2D eigenvalue weighted by molar-refractivity contribution is 8.00. The summed E-state index contributed by atoms with van der Waals surface area (Å²) in [7, 11) is 0. The highest BCUT2D eigenvalue weighted by Crippen LogP contribution is 2.39. The molecule has 1 atom stereocenters. The van der Waals surface area contributed by atoms with Crippen molar-refractivity contribution in [2.75, 3.05) is 5.75 Å². The lowest BCUT2D eigenvalue weighted by atomic mass is 10.1. The Balaban J connectivity index is 1.24. The molecule has 0 spiro atoms. The summed E-state index contributed by atoms with van der Waals surface area (Å²) in [6, 6.07) is 27.8. The van der Waals surface area contributed by atoms with Gasteiger partial charge in [-0.25, -0.2) is 5.43 Å². The van der Waals surface area contributed by atoms with Crippen molar-refractivity contribution in [3.63, 3.8) is 0 Å². The quantitative estimate of drug-likeness (QED) is 0.241. The van der Waals surface area contributed by atoms with Crippen LogP contribution in [0.25, 0.3) is 5.69 Å². The van der Waals surface area contributed by atoms with Gasteiger partial charge in [0.05, 0.1) is 12.0 Å². The topological polar surface area (TPSA) is 66.7 Å². The highest BCUT2D eigenvalue weighted by Gasteiger charge is 2.32. The van der Waals surface area contributed by atoms with Crippen molar-refractivity contribution in [3.8, 4) is 5.69 Å². The molecule has 6 nitrogen and oxygen atoms in total. The molecule has 1 aliphatic heterocycles. The number of aromatic nitrogens is 1. The first-order chi connectivity index (χ1) is 18.4. The summed E-state index contributed by atoms with van der Waals surface area (Å²) in [5, 5.41) is 4.15. The van der Waals surface area contributed by atoms with Gasteiger partial charge in [-0.2, -0.15) is 5.10 Å². The molecule has 1 fully saturated rings. The number of hydrogen-bond donors (Lipinski definition) is 1. The lowest BCUT2D eigenvalue weighted by molar-refractivity contribution is -0.128. The molecule has 1 aliphatic rings.